The minimum Gasteiger partial charge on any atom is -0.389 e. The lowest BCUT2D eigenvalue weighted by Gasteiger charge is -2.45. The van der Waals surface area contributed by atoms with Gasteiger partial charge in [0.15, 0.2) is 0 Å². The molecule has 1 amide bonds. The van der Waals surface area contributed by atoms with E-state index in [1.807, 2.05) is 34.7 Å². The number of nitrogens with one attached hydrogen (secondary N) is 1. The quantitative estimate of drug-likeness (QED) is 0.867. The third kappa shape index (κ3) is 3.75. The van der Waals surface area contributed by atoms with Crippen LogP contribution in [0.25, 0.3) is 0 Å². The van der Waals surface area contributed by atoms with Crippen LogP contribution in [-0.4, -0.2) is 46.2 Å². The molecule has 1 aromatic heterocycles. The van der Waals surface area contributed by atoms with Gasteiger partial charge in [-0.2, -0.15) is 5.10 Å². The van der Waals surface area contributed by atoms with E-state index in [-0.39, 0.29) is 11.8 Å². The summed E-state index contributed by atoms with van der Waals surface area (Å²) in [5.41, 5.74) is 0.172. The molecule has 2 N–H and O–H groups in total. The molecule has 0 aromatic carbocycles. The Hall–Kier alpha value is -1.40. The van der Waals surface area contributed by atoms with E-state index in [4.69, 9.17) is 4.74 Å². The number of nitrogens with zero attached hydrogens (tertiary/aromatic N) is 2. The van der Waals surface area contributed by atoms with Crippen molar-refractivity contribution in [3.05, 3.63) is 17.5 Å². The molecule has 6 heteroatoms. The largest absolute Gasteiger partial charge is 0.389 e. The fraction of sp³-hybridized carbons (Fsp3) is 0.765. The molecular formula is C17H29N3O3. The molecule has 1 saturated heterocycles. The lowest BCUT2D eigenvalue weighted by atomic mass is 9.70. The number of aromatic nitrogens is 2. The zero-order valence-electron chi connectivity index (χ0n) is 14.8. The van der Waals surface area contributed by atoms with E-state index < -0.39 is 11.0 Å². The van der Waals surface area contributed by atoms with Crippen LogP contribution in [0, 0.1) is 5.41 Å². The van der Waals surface area contributed by atoms with E-state index in [2.05, 4.69) is 10.4 Å². The molecule has 2 heterocycles. The Bertz CT molecular complexity index is 557. The fourth-order valence-electron chi connectivity index (χ4n) is 3.05. The van der Waals surface area contributed by atoms with Gasteiger partial charge in [-0.3, -0.25) is 9.48 Å². The molecule has 0 saturated carbocycles. The van der Waals surface area contributed by atoms with E-state index in [0.29, 0.717) is 38.2 Å². The monoisotopic (exact) mass is 323 g/mol. The molecule has 1 fully saturated rings. The van der Waals surface area contributed by atoms with Gasteiger partial charge in [0, 0.05) is 51.3 Å². The van der Waals surface area contributed by atoms with E-state index in [1.165, 1.54) is 0 Å². The molecule has 6 nitrogen and oxygen atoms in total. The van der Waals surface area contributed by atoms with Crippen molar-refractivity contribution < 1.29 is 14.6 Å². The van der Waals surface area contributed by atoms with Gasteiger partial charge in [-0.15, -0.1) is 0 Å². The average molecular weight is 323 g/mol. The average Bonchev–Trinajstić information content (AvgIpc) is 2.88. The fourth-order valence-corrected chi connectivity index (χ4v) is 3.05. The second-order valence-electron chi connectivity index (χ2n) is 7.47. The normalized spacial score (nSPS) is 18.2. The third-order valence-electron chi connectivity index (χ3n) is 4.92. The Kier molecular flexibility index (Phi) is 5.16. The van der Waals surface area contributed by atoms with Crippen molar-refractivity contribution in [2.24, 2.45) is 12.5 Å². The molecule has 0 atom stereocenters. The maximum Gasteiger partial charge on any atom is 0.254 e. The van der Waals surface area contributed by atoms with Crippen molar-refractivity contribution >= 4 is 5.91 Å². The van der Waals surface area contributed by atoms with Gasteiger partial charge in [-0.05, 0) is 5.92 Å². The number of rotatable bonds is 5. The number of aryl methyl sites for hydroxylation is 1. The summed E-state index contributed by atoms with van der Waals surface area (Å²) in [6, 6.07) is 0. The van der Waals surface area contributed by atoms with E-state index in [9.17, 15) is 9.90 Å². The summed E-state index contributed by atoms with van der Waals surface area (Å²) < 4.78 is 7.01. The first-order valence-corrected chi connectivity index (χ1v) is 8.28. The molecule has 23 heavy (non-hydrogen) atoms. The summed E-state index contributed by atoms with van der Waals surface area (Å²) in [4.78, 5) is 12.5. The van der Waals surface area contributed by atoms with Crippen LogP contribution in [0.5, 0.6) is 0 Å². The highest BCUT2D eigenvalue weighted by Crippen LogP contribution is 2.38. The molecule has 130 valence electrons. The van der Waals surface area contributed by atoms with Crippen LogP contribution in [0.3, 0.4) is 0 Å². The minimum atomic E-state index is -0.811. The van der Waals surface area contributed by atoms with Crippen LogP contribution in [0.15, 0.2) is 6.20 Å². The summed E-state index contributed by atoms with van der Waals surface area (Å²) in [5, 5.41) is 18.2. The number of amides is 1. The Balaban J connectivity index is 2.06. The van der Waals surface area contributed by atoms with Gasteiger partial charge < -0.3 is 15.2 Å². The van der Waals surface area contributed by atoms with Crippen LogP contribution in [0.4, 0.5) is 0 Å². The summed E-state index contributed by atoms with van der Waals surface area (Å²) in [6.45, 7) is 9.56. The predicted molar refractivity (Wildman–Crippen MR) is 88.4 cm³/mol. The number of ether oxygens (including phenoxy) is 1. The smallest absolute Gasteiger partial charge is 0.254 e. The Morgan fingerprint density at radius 2 is 2.09 bits per heavy atom. The number of aliphatic hydroxyl groups is 1. The first-order chi connectivity index (χ1) is 10.7. The van der Waals surface area contributed by atoms with Crippen LogP contribution < -0.4 is 5.32 Å². The molecule has 0 radical (unpaired) electrons. The predicted octanol–water partition coefficient (Wildman–Crippen LogP) is 1.84. The molecule has 0 spiro atoms. The highest BCUT2D eigenvalue weighted by molar-refractivity contribution is 5.95. The molecule has 0 bridgehead atoms. The van der Waals surface area contributed by atoms with Gasteiger partial charge in [0.1, 0.15) is 0 Å². The Morgan fingerprint density at radius 3 is 2.65 bits per heavy atom. The lowest BCUT2D eigenvalue weighted by Crippen LogP contribution is -2.53. The van der Waals surface area contributed by atoms with Gasteiger partial charge in [0.2, 0.25) is 0 Å². The van der Waals surface area contributed by atoms with Crippen LogP contribution in [0.2, 0.25) is 0 Å². The maximum absolute atomic E-state index is 12.5. The van der Waals surface area contributed by atoms with Gasteiger partial charge in [0.05, 0.1) is 16.9 Å². The number of carbonyl (C=O) groups is 1. The summed E-state index contributed by atoms with van der Waals surface area (Å²) in [7, 11) is 1.82. The van der Waals surface area contributed by atoms with Gasteiger partial charge in [-0.25, -0.2) is 0 Å². The highest BCUT2D eigenvalue weighted by atomic mass is 16.5. The number of hydrogen-bond donors (Lipinski definition) is 2. The second kappa shape index (κ2) is 6.61. The second-order valence-corrected chi connectivity index (χ2v) is 7.47. The number of carbonyl (C=O) groups excluding carboxylic acids is 1. The number of hydrogen-bond acceptors (Lipinski definition) is 4. The molecule has 1 aliphatic rings. The van der Waals surface area contributed by atoms with Crippen molar-refractivity contribution in [2.75, 3.05) is 19.8 Å². The Labute approximate surface area is 138 Å². The van der Waals surface area contributed by atoms with Crippen LogP contribution >= 0.6 is 0 Å². The summed E-state index contributed by atoms with van der Waals surface area (Å²) in [6.07, 6.45) is 2.95. The lowest BCUT2D eigenvalue weighted by molar-refractivity contribution is -0.130. The van der Waals surface area contributed by atoms with Gasteiger partial charge >= 0.3 is 0 Å². The molecule has 1 aliphatic heterocycles. The third-order valence-corrected chi connectivity index (χ3v) is 4.92. The standard InChI is InChI=1S/C17H29N3O3/c1-12(2)14-13(10-20(5)19-14)15(21)18-11-16(3,4)17(22)6-8-23-9-7-17/h10,12,22H,6-9,11H2,1-5H3,(H,18,21). The molecular weight excluding hydrogens is 294 g/mol. The highest BCUT2D eigenvalue weighted by Gasteiger charge is 2.44. The van der Waals surface area contributed by atoms with E-state index in [1.54, 1.807) is 10.9 Å². The van der Waals surface area contributed by atoms with E-state index in [0.717, 1.165) is 5.69 Å². The van der Waals surface area contributed by atoms with Gasteiger partial charge in [0.25, 0.3) is 5.91 Å². The van der Waals surface area contributed by atoms with Crippen LogP contribution in [0.1, 0.15) is 62.5 Å². The molecule has 1 aromatic rings. The first-order valence-electron chi connectivity index (χ1n) is 8.28. The molecule has 0 aliphatic carbocycles. The van der Waals surface area contributed by atoms with Gasteiger partial charge in [-0.1, -0.05) is 27.7 Å². The van der Waals surface area contributed by atoms with Crippen molar-refractivity contribution in [1.29, 1.82) is 0 Å². The topological polar surface area (TPSA) is 76.4 Å². The first kappa shape index (κ1) is 17.9. The van der Waals surface area contributed by atoms with Crippen LogP contribution in [-0.2, 0) is 11.8 Å². The summed E-state index contributed by atoms with van der Waals surface area (Å²) in [5.74, 6) is 0.0511. The zero-order valence-corrected chi connectivity index (χ0v) is 14.8. The van der Waals surface area contributed by atoms with Crippen molar-refractivity contribution in [3.63, 3.8) is 0 Å². The SMILES string of the molecule is CC(C)c1nn(C)cc1C(=O)NCC(C)(C)C1(O)CCOCC1. The van der Waals surface area contributed by atoms with Crippen molar-refractivity contribution in [2.45, 2.75) is 52.1 Å². The molecule has 2 rings (SSSR count). The Morgan fingerprint density at radius 1 is 1.48 bits per heavy atom. The zero-order chi connectivity index (χ0) is 17.3. The molecule has 0 unspecified atom stereocenters. The van der Waals surface area contributed by atoms with E-state index >= 15 is 0 Å². The maximum atomic E-state index is 12.5. The van der Waals surface area contributed by atoms with Crippen molar-refractivity contribution in [3.8, 4) is 0 Å². The minimum absolute atomic E-state index is 0.134. The van der Waals surface area contributed by atoms with Crippen molar-refractivity contribution in [1.82, 2.24) is 15.1 Å². The summed E-state index contributed by atoms with van der Waals surface area (Å²) >= 11 is 0.